The highest BCUT2D eigenvalue weighted by atomic mass is 16.5. The molecular weight excluding hydrogens is 270 g/mol. The molecule has 0 aliphatic carbocycles. The lowest BCUT2D eigenvalue weighted by atomic mass is 10.2. The van der Waals surface area contributed by atoms with Gasteiger partial charge in [-0.05, 0) is 19.9 Å². The molecule has 6 nitrogen and oxygen atoms in total. The van der Waals surface area contributed by atoms with E-state index in [1.807, 2.05) is 13.8 Å². The molecule has 2 aromatic rings. The van der Waals surface area contributed by atoms with Crippen LogP contribution in [0.3, 0.4) is 0 Å². The summed E-state index contributed by atoms with van der Waals surface area (Å²) in [5.41, 5.74) is 0.632. The lowest BCUT2D eigenvalue weighted by molar-refractivity contribution is 0.0769. The predicted molar refractivity (Wildman–Crippen MR) is 75.2 cm³/mol. The summed E-state index contributed by atoms with van der Waals surface area (Å²) in [4.78, 5) is 22.3. The molecule has 0 bridgehead atoms. The summed E-state index contributed by atoms with van der Waals surface area (Å²) in [6.45, 7) is 4.88. The fourth-order valence-corrected chi connectivity index (χ4v) is 2.54. The molecule has 1 atom stereocenters. The van der Waals surface area contributed by atoms with Gasteiger partial charge in [-0.2, -0.15) is 0 Å². The molecule has 0 saturated carbocycles. The first-order chi connectivity index (χ1) is 10.1. The smallest absolute Gasteiger partial charge is 0.257 e. The molecule has 1 saturated heterocycles. The van der Waals surface area contributed by atoms with Crippen LogP contribution in [0.15, 0.2) is 29.1 Å². The van der Waals surface area contributed by atoms with Gasteiger partial charge in [0.15, 0.2) is 0 Å². The van der Waals surface area contributed by atoms with Crippen LogP contribution < -0.4 is 4.74 Å². The zero-order chi connectivity index (χ0) is 14.8. The fraction of sp³-hybridized carbons (Fsp3) is 0.400. The number of carbonyl (C=O) groups is 1. The highest BCUT2D eigenvalue weighted by molar-refractivity contribution is 5.95. The maximum Gasteiger partial charge on any atom is 0.257 e. The van der Waals surface area contributed by atoms with Gasteiger partial charge in [-0.15, -0.1) is 0 Å². The Kier molecular flexibility index (Phi) is 3.60. The van der Waals surface area contributed by atoms with Gasteiger partial charge in [-0.25, -0.2) is 4.98 Å². The Morgan fingerprint density at radius 1 is 1.43 bits per heavy atom. The first kappa shape index (κ1) is 13.6. The second kappa shape index (κ2) is 5.55. The summed E-state index contributed by atoms with van der Waals surface area (Å²) >= 11 is 0. The number of hydrogen-bond acceptors (Lipinski definition) is 5. The Morgan fingerprint density at radius 3 is 2.95 bits per heavy atom. The summed E-state index contributed by atoms with van der Waals surface area (Å²) in [7, 11) is 0. The molecule has 0 aromatic carbocycles. The van der Waals surface area contributed by atoms with E-state index < -0.39 is 0 Å². The molecule has 21 heavy (non-hydrogen) atoms. The van der Waals surface area contributed by atoms with Crippen LogP contribution in [0.4, 0.5) is 0 Å². The summed E-state index contributed by atoms with van der Waals surface area (Å²) in [5.74, 6) is 1.90. The van der Waals surface area contributed by atoms with Crippen molar-refractivity contribution in [2.45, 2.75) is 26.4 Å². The summed E-state index contributed by atoms with van der Waals surface area (Å²) in [6, 6.07) is 1.79. The highest BCUT2D eigenvalue weighted by Crippen LogP contribution is 2.21. The van der Waals surface area contributed by atoms with Gasteiger partial charge in [0.25, 0.3) is 5.91 Å². The normalized spacial score (nSPS) is 18.0. The van der Waals surface area contributed by atoms with Crippen molar-refractivity contribution >= 4 is 5.91 Å². The third-order valence-electron chi connectivity index (χ3n) is 3.53. The number of aryl methyl sites for hydroxylation is 2. The van der Waals surface area contributed by atoms with E-state index in [0.717, 1.165) is 12.2 Å². The summed E-state index contributed by atoms with van der Waals surface area (Å²) < 4.78 is 11.2. The fourth-order valence-electron chi connectivity index (χ4n) is 2.54. The lowest BCUT2D eigenvalue weighted by Gasteiger charge is -2.16. The molecular formula is C15H17N3O3. The van der Waals surface area contributed by atoms with Crippen molar-refractivity contribution in [1.29, 1.82) is 0 Å². The van der Waals surface area contributed by atoms with Gasteiger partial charge in [0, 0.05) is 25.4 Å². The molecule has 1 aliphatic heterocycles. The number of furan rings is 1. The maximum atomic E-state index is 12.5. The van der Waals surface area contributed by atoms with E-state index in [4.69, 9.17) is 9.15 Å². The number of amides is 1. The minimum absolute atomic E-state index is 0.00500. The van der Waals surface area contributed by atoms with Gasteiger partial charge >= 0.3 is 0 Å². The van der Waals surface area contributed by atoms with Crippen molar-refractivity contribution in [1.82, 2.24) is 14.9 Å². The standard InChI is InChI=1S/C15H17N3O3/c1-10-7-13(11(2)20-10)15(19)18-6-3-12(9-18)21-14-8-16-4-5-17-14/h4-5,7-8,12H,3,6,9H2,1-2H3/t12-/m0/s1. The third kappa shape index (κ3) is 2.89. The van der Waals surface area contributed by atoms with E-state index in [-0.39, 0.29) is 12.0 Å². The number of aromatic nitrogens is 2. The molecule has 3 rings (SSSR count). The minimum atomic E-state index is -0.0426. The Balaban J connectivity index is 1.64. The van der Waals surface area contributed by atoms with Crippen LogP contribution in [-0.2, 0) is 0 Å². The van der Waals surface area contributed by atoms with Gasteiger partial charge in [-0.3, -0.25) is 9.78 Å². The molecule has 1 aliphatic rings. The monoisotopic (exact) mass is 287 g/mol. The van der Waals surface area contributed by atoms with Gasteiger partial charge in [-0.1, -0.05) is 0 Å². The zero-order valence-corrected chi connectivity index (χ0v) is 12.1. The first-order valence-corrected chi connectivity index (χ1v) is 6.92. The van der Waals surface area contributed by atoms with Crippen molar-refractivity contribution in [2.24, 2.45) is 0 Å². The van der Waals surface area contributed by atoms with Crippen molar-refractivity contribution in [3.8, 4) is 5.88 Å². The van der Waals surface area contributed by atoms with Crippen molar-refractivity contribution in [2.75, 3.05) is 13.1 Å². The SMILES string of the molecule is Cc1cc(C(=O)N2CC[C@H](Oc3cnccn3)C2)c(C)o1. The average Bonchev–Trinajstić information content (AvgIpc) is 3.06. The first-order valence-electron chi connectivity index (χ1n) is 6.92. The van der Waals surface area contributed by atoms with E-state index >= 15 is 0 Å². The Morgan fingerprint density at radius 2 is 2.29 bits per heavy atom. The number of carbonyl (C=O) groups excluding carboxylic acids is 1. The van der Waals surface area contributed by atoms with E-state index in [2.05, 4.69) is 9.97 Å². The van der Waals surface area contributed by atoms with Crippen LogP contribution in [0.5, 0.6) is 5.88 Å². The van der Waals surface area contributed by atoms with Crippen LogP contribution in [0, 0.1) is 13.8 Å². The second-order valence-electron chi connectivity index (χ2n) is 5.15. The van der Waals surface area contributed by atoms with E-state index in [1.54, 1.807) is 29.6 Å². The summed E-state index contributed by atoms with van der Waals surface area (Å²) in [6.07, 6.45) is 5.51. The van der Waals surface area contributed by atoms with Crippen LogP contribution in [0.2, 0.25) is 0 Å². The van der Waals surface area contributed by atoms with Crippen molar-refractivity contribution < 1.29 is 13.9 Å². The average molecular weight is 287 g/mol. The summed E-state index contributed by atoms with van der Waals surface area (Å²) in [5, 5.41) is 0. The maximum absolute atomic E-state index is 12.5. The zero-order valence-electron chi connectivity index (χ0n) is 12.1. The Labute approximate surface area is 122 Å². The third-order valence-corrected chi connectivity index (χ3v) is 3.53. The number of rotatable bonds is 3. The van der Waals surface area contributed by atoms with Crippen LogP contribution >= 0.6 is 0 Å². The predicted octanol–water partition coefficient (Wildman–Crippen LogP) is 1.98. The number of ether oxygens (including phenoxy) is 1. The number of nitrogens with zero attached hydrogens (tertiary/aromatic N) is 3. The number of hydrogen-bond donors (Lipinski definition) is 0. The molecule has 3 heterocycles. The lowest BCUT2D eigenvalue weighted by Crippen LogP contribution is -2.31. The van der Waals surface area contributed by atoms with Crippen molar-refractivity contribution in [3.05, 3.63) is 41.7 Å². The quantitative estimate of drug-likeness (QED) is 0.863. The second-order valence-corrected chi connectivity index (χ2v) is 5.15. The Hall–Kier alpha value is -2.37. The largest absolute Gasteiger partial charge is 0.471 e. The van der Waals surface area contributed by atoms with Crippen LogP contribution in [0.1, 0.15) is 28.3 Å². The Bertz CT molecular complexity index is 639. The van der Waals surface area contributed by atoms with E-state index in [0.29, 0.717) is 30.3 Å². The van der Waals surface area contributed by atoms with Gasteiger partial charge in [0.2, 0.25) is 5.88 Å². The molecule has 0 radical (unpaired) electrons. The van der Waals surface area contributed by atoms with Gasteiger partial charge in [0.1, 0.15) is 17.6 Å². The molecule has 2 aromatic heterocycles. The molecule has 0 unspecified atom stereocenters. The van der Waals surface area contributed by atoms with Crippen LogP contribution in [0.25, 0.3) is 0 Å². The topological polar surface area (TPSA) is 68.5 Å². The molecule has 110 valence electrons. The van der Waals surface area contributed by atoms with E-state index in [9.17, 15) is 4.79 Å². The van der Waals surface area contributed by atoms with Gasteiger partial charge in [0.05, 0.1) is 18.3 Å². The molecule has 1 amide bonds. The number of likely N-dealkylation sites (tertiary alicyclic amines) is 1. The molecule has 6 heteroatoms. The van der Waals surface area contributed by atoms with E-state index in [1.165, 1.54) is 0 Å². The van der Waals surface area contributed by atoms with Gasteiger partial charge < -0.3 is 14.1 Å². The minimum Gasteiger partial charge on any atom is -0.471 e. The van der Waals surface area contributed by atoms with Crippen molar-refractivity contribution in [3.63, 3.8) is 0 Å². The van der Waals surface area contributed by atoms with Crippen LogP contribution in [-0.4, -0.2) is 40.0 Å². The highest BCUT2D eigenvalue weighted by Gasteiger charge is 2.30. The molecule has 0 N–H and O–H groups in total. The molecule has 1 fully saturated rings. The molecule has 0 spiro atoms.